The minimum Gasteiger partial charge on any atom is -0.0654 e. The summed E-state index contributed by atoms with van der Waals surface area (Å²) in [7, 11) is 0. The fourth-order valence-electron chi connectivity index (χ4n) is 14.7. The highest BCUT2D eigenvalue weighted by atomic mass is 14.3. The van der Waals surface area contributed by atoms with Crippen molar-refractivity contribution in [2.45, 2.75) is 78.6 Å². The van der Waals surface area contributed by atoms with E-state index in [-0.39, 0.29) is 0 Å². The Morgan fingerprint density at radius 3 is 0.792 bits per heavy atom. The monoisotopic (exact) mass is 918 g/mol. The lowest BCUT2D eigenvalue weighted by atomic mass is 9.89. The van der Waals surface area contributed by atoms with E-state index in [0.29, 0.717) is 0 Å². The zero-order valence-corrected chi connectivity index (χ0v) is 41.5. The van der Waals surface area contributed by atoms with Gasteiger partial charge in [-0.1, -0.05) is 186 Å². The van der Waals surface area contributed by atoms with Crippen LogP contribution in [0.4, 0.5) is 0 Å². The van der Waals surface area contributed by atoms with Crippen LogP contribution in [0.5, 0.6) is 0 Å². The summed E-state index contributed by atoms with van der Waals surface area (Å²) in [4.78, 5) is 0. The normalized spacial score (nSPS) is 12.9. The van der Waals surface area contributed by atoms with Gasteiger partial charge in [0.2, 0.25) is 0 Å². The second-order valence-electron chi connectivity index (χ2n) is 21.6. The minimum absolute atomic E-state index is 1.07. The Hall–Kier alpha value is -7.80. The first kappa shape index (κ1) is 40.9. The molecule has 0 radical (unpaired) electrons. The first-order valence-electron chi connectivity index (χ1n) is 27.1. The third-order valence-corrected chi connectivity index (χ3v) is 17.7. The number of aryl methyl sites for hydroxylation is 3. The summed E-state index contributed by atoms with van der Waals surface area (Å²) in [6.07, 6.45) is 10.2. The quantitative estimate of drug-likeness (QED) is 0.127. The molecule has 0 saturated carbocycles. The molecule has 0 aromatic heterocycles. The summed E-state index contributed by atoms with van der Waals surface area (Å²) >= 11 is 0. The molecule has 0 amide bonds. The number of hydrogen-bond donors (Lipinski definition) is 0. The van der Waals surface area contributed by atoms with Crippen molar-refractivity contribution in [3.8, 4) is 0 Å². The van der Waals surface area contributed by atoms with E-state index < -0.39 is 0 Å². The Balaban J connectivity index is 1.24. The maximum Gasteiger partial charge on any atom is -0.000673 e. The highest BCUT2D eigenvalue weighted by molar-refractivity contribution is 6.58. The van der Waals surface area contributed by atoms with Gasteiger partial charge >= 0.3 is 0 Å². The lowest BCUT2D eigenvalue weighted by molar-refractivity contribution is 0.799. The fraction of sp³-hybridized carbons (Fsp3) is 0.167. The minimum atomic E-state index is 1.07. The number of fused-ring (bicyclic) bond motifs is 24. The molecule has 0 fully saturated rings. The first-order valence-corrected chi connectivity index (χ1v) is 27.1. The largest absolute Gasteiger partial charge is 0.0654 e. The van der Waals surface area contributed by atoms with Crippen LogP contribution in [0, 0.1) is 0 Å². The Kier molecular flexibility index (Phi) is 8.58. The molecule has 16 rings (SSSR count). The average Bonchev–Trinajstić information content (AvgIpc) is 4.06. The van der Waals surface area contributed by atoms with E-state index in [0.717, 1.165) is 19.3 Å². The van der Waals surface area contributed by atoms with Crippen LogP contribution in [0.2, 0.25) is 0 Å². The van der Waals surface area contributed by atoms with E-state index in [2.05, 4.69) is 185 Å². The van der Waals surface area contributed by atoms with E-state index in [4.69, 9.17) is 0 Å². The molecule has 0 spiro atoms. The van der Waals surface area contributed by atoms with Gasteiger partial charge in [0.05, 0.1) is 0 Å². The predicted molar refractivity (Wildman–Crippen MR) is 318 cm³/mol. The Labute approximate surface area is 418 Å². The van der Waals surface area contributed by atoms with Gasteiger partial charge in [0.25, 0.3) is 0 Å². The van der Waals surface area contributed by atoms with Gasteiger partial charge in [0.15, 0.2) is 0 Å². The summed E-state index contributed by atoms with van der Waals surface area (Å²) in [6.45, 7) is 7.02. The molecule has 0 unspecified atom stereocenters. The van der Waals surface area contributed by atoms with Gasteiger partial charge in [-0.3, -0.25) is 0 Å². The van der Waals surface area contributed by atoms with Crippen molar-refractivity contribution < 1.29 is 0 Å². The van der Waals surface area contributed by atoms with Crippen LogP contribution in [0.1, 0.15) is 76.0 Å². The van der Waals surface area contributed by atoms with Gasteiger partial charge in [-0.05, 0) is 235 Å². The van der Waals surface area contributed by atoms with Gasteiger partial charge in [-0.15, -0.1) is 0 Å². The van der Waals surface area contributed by atoms with Crippen LogP contribution in [0.3, 0.4) is 0 Å². The Bertz CT molecular complexity index is 4440. The number of unbranched alkanes of at least 4 members (excludes halogenated alkanes) is 3. The molecule has 0 heteroatoms. The van der Waals surface area contributed by atoms with Crippen LogP contribution in [0.25, 0.3) is 162 Å². The van der Waals surface area contributed by atoms with Crippen LogP contribution in [-0.4, -0.2) is 0 Å². The molecule has 0 atom stereocenters. The van der Waals surface area contributed by atoms with Crippen LogP contribution >= 0.6 is 0 Å². The standard InChI is InChI=1S/C72H54/c1-4-7-16-43-31-34-52-64-55(37-46-28-25-40-19-10-13-22-49(40)58(46)61(43)64)70-67(52)71-56-38-47-29-26-41-20-11-14-23-50(41)59(47)63-45(18-9-6-3)33-36-54(66(56)63)69(71)72-57-39-48-30-27-42-21-12-15-24-51(42)60(48)62-44(17-8-5-2)32-35-53(65(57)62)68(70)72/h10-15,19-39H,4-9,16-18H2,1-3H3. The summed E-state index contributed by atoms with van der Waals surface area (Å²) in [6, 6.07) is 64.8. The molecule has 0 bridgehead atoms. The highest BCUT2D eigenvalue weighted by Gasteiger charge is 2.30. The molecule has 0 aliphatic carbocycles. The Morgan fingerprint density at radius 2 is 0.486 bits per heavy atom. The van der Waals surface area contributed by atoms with Gasteiger partial charge < -0.3 is 0 Å². The molecule has 0 saturated heterocycles. The topological polar surface area (TPSA) is 0 Å². The lowest BCUT2D eigenvalue weighted by Gasteiger charge is -2.14. The van der Waals surface area contributed by atoms with Gasteiger partial charge in [0, 0.05) is 0 Å². The average molecular weight is 919 g/mol. The second kappa shape index (κ2) is 15.1. The molecule has 16 aromatic rings. The molecular weight excluding hydrogens is 865 g/mol. The maximum atomic E-state index is 2.61. The zero-order chi connectivity index (χ0) is 47.5. The van der Waals surface area contributed by atoms with E-state index in [1.807, 2.05) is 0 Å². The molecule has 0 heterocycles. The van der Waals surface area contributed by atoms with Crippen molar-refractivity contribution in [1.82, 2.24) is 0 Å². The third-order valence-electron chi connectivity index (χ3n) is 17.7. The number of benzene rings is 13. The maximum absolute atomic E-state index is 2.61. The fourth-order valence-corrected chi connectivity index (χ4v) is 14.7. The summed E-state index contributed by atoms with van der Waals surface area (Å²) < 4.78 is 0. The second-order valence-corrected chi connectivity index (χ2v) is 21.6. The van der Waals surface area contributed by atoms with Crippen molar-refractivity contribution in [2.75, 3.05) is 0 Å². The van der Waals surface area contributed by atoms with Crippen molar-refractivity contribution in [1.29, 1.82) is 0 Å². The molecule has 0 aliphatic rings. The zero-order valence-electron chi connectivity index (χ0n) is 41.5. The van der Waals surface area contributed by atoms with Crippen molar-refractivity contribution >= 4 is 162 Å². The van der Waals surface area contributed by atoms with E-state index in [1.54, 1.807) is 0 Å². The molecule has 0 aliphatic heterocycles. The van der Waals surface area contributed by atoms with Crippen LogP contribution in [-0.2, 0) is 19.3 Å². The molecule has 0 nitrogen and oxygen atoms in total. The lowest BCUT2D eigenvalue weighted by Crippen LogP contribution is -1.90. The van der Waals surface area contributed by atoms with E-state index in [9.17, 15) is 0 Å². The van der Waals surface area contributed by atoms with Crippen molar-refractivity contribution in [2.24, 2.45) is 0 Å². The summed E-state index contributed by atoms with van der Waals surface area (Å²) in [5, 5.41) is 42.0. The predicted octanol–water partition coefficient (Wildman–Crippen LogP) is 21.3. The van der Waals surface area contributed by atoms with Crippen molar-refractivity contribution in [3.63, 3.8) is 0 Å². The first-order chi connectivity index (χ1) is 35.6. The Morgan fingerprint density at radius 1 is 0.208 bits per heavy atom. The number of rotatable bonds is 9. The molecule has 72 heavy (non-hydrogen) atoms. The van der Waals surface area contributed by atoms with Crippen LogP contribution in [0.15, 0.2) is 164 Å². The van der Waals surface area contributed by atoms with Crippen LogP contribution < -0.4 is 0 Å². The summed E-state index contributed by atoms with van der Waals surface area (Å²) in [5.41, 5.74) is 4.44. The SMILES string of the molecule is CCCCc1ccc2c3c(cc4ccc5ccccc5c4c13)c1c3c4ccc(CCCC)c5c6c(ccc7ccccc76)cc(c45)c3c3c4ccc(CCCC)c5c6c(ccc7ccccc76)cc(c45)c3c21. The molecular formula is C72H54. The molecule has 342 valence electrons. The van der Waals surface area contributed by atoms with Gasteiger partial charge in [0.1, 0.15) is 0 Å². The van der Waals surface area contributed by atoms with Gasteiger partial charge in [-0.25, -0.2) is 0 Å². The molecule has 0 N–H and O–H groups in total. The van der Waals surface area contributed by atoms with E-state index in [1.165, 1.54) is 217 Å². The third kappa shape index (κ3) is 5.22. The van der Waals surface area contributed by atoms with E-state index >= 15 is 0 Å². The molecule has 16 aromatic carbocycles. The number of hydrogen-bond acceptors (Lipinski definition) is 0. The summed E-state index contributed by atoms with van der Waals surface area (Å²) in [5.74, 6) is 0. The van der Waals surface area contributed by atoms with Gasteiger partial charge in [-0.2, -0.15) is 0 Å². The van der Waals surface area contributed by atoms with Crippen molar-refractivity contribution in [3.05, 3.63) is 180 Å². The highest BCUT2D eigenvalue weighted by Crippen LogP contribution is 2.59. The smallest absolute Gasteiger partial charge is 0.000673 e.